The summed E-state index contributed by atoms with van der Waals surface area (Å²) >= 11 is 0. The van der Waals surface area contributed by atoms with Crippen molar-refractivity contribution in [2.45, 2.75) is 19.9 Å². The predicted molar refractivity (Wildman–Crippen MR) is 69.1 cm³/mol. The van der Waals surface area contributed by atoms with Crippen molar-refractivity contribution in [2.24, 2.45) is 5.92 Å². The maximum Gasteiger partial charge on any atom is 0.334 e. The fourth-order valence-electron chi connectivity index (χ4n) is 1.83. The molecule has 0 aromatic carbocycles. The summed E-state index contributed by atoms with van der Waals surface area (Å²) in [5.41, 5.74) is 4.73. The molecule has 0 saturated heterocycles. The number of imidazole rings is 1. The largest absolute Gasteiger partial charge is 0.479 e. The number of carboxylic acids is 1. The molecule has 2 rings (SSSR count). The summed E-state index contributed by atoms with van der Waals surface area (Å²) in [5.74, 6) is -2.53. The number of Topliss-reactive ketones (excluding diaryl/α,β-unsaturated/α-hetero) is 1. The van der Waals surface area contributed by atoms with Gasteiger partial charge in [-0.05, 0) is 0 Å². The standard InChI is InChI=1S/C11H13N5O4/c1-4(2)7(17)6(10(19)20)16-3-13-5-8(16)14-11(12)15-9(5)18/h3-4,6H,1-2H3,(H,19,20)(H3,12,14,15,18). The summed E-state index contributed by atoms with van der Waals surface area (Å²) in [5, 5.41) is 9.25. The maximum absolute atomic E-state index is 12.0. The van der Waals surface area contributed by atoms with Crippen LogP contribution >= 0.6 is 0 Å². The Kier molecular flexibility index (Phi) is 3.26. The molecule has 0 saturated carbocycles. The molecule has 0 aliphatic heterocycles. The summed E-state index contributed by atoms with van der Waals surface area (Å²) in [6, 6.07) is -1.49. The van der Waals surface area contributed by atoms with Crippen LogP contribution in [-0.4, -0.2) is 36.4 Å². The fourth-order valence-corrected chi connectivity index (χ4v) is 1.83. The zero-order chi connectivity index (χ0) is 15.0. The zero-order valence-corrected chi connectivity index (χ0v) is 10.8. The van der Waals surface area contributed by atoms with Crippen LogP contribution in [-0.2, 0) is 9.59 Å². The normalized spacial score (nSPS) is 12.8. The molecule has 0 radical (unpaired) electrons. The zero-order valence-electron chi connectivity index (χ0n) is 10.8. The minimum atomic E-state index is -1.49. The molecule has 0 spiro atoms. The van der Waals surface area contributed by atoms with E-state index in [1.807, 2.05) is 0 Å². The Hall–Kier alpha value is -2.71. The number of hydrogen-bond donors (Lipinski definition) is 3. The Morgan fingerprint density at radius 1 is 1.45 bits per heavy atom. The number of nitrogens with zero attached hydrogens (tertiary/aromatic N) is 3. The first kappa shape index (κ1) is 13.7. The third kappa shape index (κ3) is 2.13. The van der Waals surface area contributed by atoms with Crippen molar-refractivity contribution in [3.05, 3.63) is 16.7 Å². The van der Waals surface area contributed by atoms with E-state index in [-0.39, 0.29) is 17.1 Å². The number of nitrogen functional groups attached to an aromatic ring is 1. The molecular weight excluding hydrogens is 266 g/mol. The molecule has 0 bridgehead atoms. The van der Waals surface area contributed by atoms with E-state index in [2.05, 4.69) is 15.0 Å². The number of H-pyrrole nitrogens is 1. The molecule has 106 valence electrons. The van der Waals surface area contributed by atoms with Crippen molar-refractivity contribution in [3.8, 4) is 0 Å². The van der Waals surface area contributed by atoms with Gasteiger partial charge in [-0.25, -0.2) is 9.78 Å². The minimum absolute atomic E-state index is 0.0346. The Morgan fingerprint density at radius 2 is 2.10 bits per heavy atom. The number of nitrogens with one attached hydrogen (secondary N) is 1. The molecule has 1 unspecified atom stereocenters. The fraction of sp³-hybridized carbons (Fsp3) is 0.364. The van der Waals surface area contributed by atoms with Crippen molar-refractivity contribution in [3.63, 3.8) is 0 Å². The number of carboxylic acid groups (broad SMARTS) is 1. The second-order valence-corrected chi connectivity index (χ2v) is 4.57. The van der Waals surface area contributed by atoms with E-state index in [0.29, 0.717) is 0 Å². The van der Waals surface area contributed by atoms with E-state index in [1.54, 1.807) is 13.8 Å². The van der Waals surface area contributed by atoms with Crippen LogP contribution in [0.15, 0.2) is 11.1 Å². The molecule has 2 heterocycles. The molecule has 0 fully saturated rings. The number of hydrogen-bond acceptors (Lipinski definition) is 6. The third-order valence-corrected chi connectivity index (χ3v) is 2.80. The molecule has 0 aliphatic carbocycles. The van der Waals surface area contributed by atoms with Gasteiger partial charge < -0.3 is 10.8 Å². The quantitative estimate of drug-likeness (QED) is 0.643. The smallest absolute Gasteiger partial charge is 0.334 e. The molecule has 9 nitrogen and oxygen atoms in total. The first-order valence-electron chi connectivity index (χ1n) is 5.81. The first-order valence-corrected chi connectivity index (χ1v) is 5.81. The maximum atomic E-state index is 12.0. The van der Waals surface area contributed by atoms with Gasteiger partial charge in [-0.1, -0.05) is 13.8 Å². The van der Waals surface area contributed by atoms with Crippen molar-refractivity contribution >= 4 is 28.9 Å². The summed E-state index contributed by atoms with van der Waals surface area (Å²) in [6.45, 7) is 3.18. The Bertz CT molecular complexity index is 745. The number of ketones is 1. The van der Waals surface area contributed by atoms with E-state index in [9.17, 15) is 19.5 Å². The molecule has 4 N–H and O–H groups in total. The highest BCUT2D eigenvalue weighted by Gasteiger charge is 2.31. The first-order chi connectivity index (χ1) is 9.32. The van der Waals surface area contributed by atoms with Crippen LogP contribution in [0, 0.1) is 5.92 Å². The van der Waals surface area contributed by atoms with Crippen LogP contribution in [0.3, 0.4) is 0 Å². The number of carbonyl (C=O) groups excluding carboxylic acids is 1. The third-order valence-electron chi connectivity index (χ3n) is 2.80. The number of aromatic nitrogens is 4. The molecule has 0 aliphatic rings. The lowest BCUT2D eigenvalue weighted by Gasteiger charge is -2.15. The van der Waals surface area contributed by atoms with Gasteiger partial charge in [0.05, 0.1) is 6.33 Å². The van der Waals surface area contributed by atoms with Crippen LogP contribution in [0.25, 0.3) is 11.2 Å². The van der Waals surface area contributed by atoms with Gasteiger partial charge in [-0.15, -0.1) is 0 Å². The van der Waals surface area contributed by atoms with Gasteiger partial charge in [0.2, 0.25) is 5.95 Å². The number of anilines is 1. The van der Waals surface area contributed by atoms with Crippen LogP contribution in [0.2, 0.25) is 0 Å². The lowest BCUT2D eigenvalue weighted by Crippen LogP contribution is -2.30. The summed E-state index contributed by atoms with van der Waals surface area (Å²) in [7, 11) is 0. The van der Waals surface area contributed by atoms with Gasteiger partial charge in [0, 0.05) is 5.92 Å². The van der Waals surface area contributed by atoms with Crippen molar-refractivity contribution in [2.75, 3.05) is 5.73 Å². The lowest BCUT2D eigenvalue weighted by molar-refractivity contribution is -0.146. The number of nitrogens with two attached hydrogens (primary N) is 1. The lowest BCUT2D eigenvalue weighted by atomic mass is 10.0. The van der Waals surface area contributed by atoms with Crippen LogP contribution < -0.4 is 11.3 Å². The topological polar surface area (TPSA) is 144 Å². The van der Waals surface area contributed by atoms with Gasteiger partial charge in [0.15, 0.2) is 23.0 Å². The highest BCUT2D eigenvalue weighted by atomic mass is 16.4. The van der Waals surface area contributed by atoms with Gasteiger partial charge >= 0.3 is 5.97 Å². The number of aliphatic carboxylic acids is 1. The van der Waals surface area contributed by atoms with Gasteiger partial charge in [-0.3, -0.25) is 19.1 Å². The molecule has 2 aromatic heterocycles. The SMILES string of the molecule is CC(C)C(=O)C(C(=O)O)n1cnc2c(=O)[nH]c(N)nc21. The number of aromatic amines is 1. The monoisotopic (exact) mass is 279 g/mol. The van der Waals surface area contributed by atoms with E-state index in [4.69, 9.17) is 5.73 Å². The van der Waals surface area contributed by atoms with Crippen molar-refractivity contribution in [1.29, 1.82) is 0 Å². The predicted octanol–water partition coefficient (Wildman–Crippen LogP) is -0.447. The van der Waals surface area contributed by atoms with Crippen LogP contribution in [0.4, 0.5) is 5.95 Å². The second-order valence-electron chi connectivity index (χ2n) is 4.57. The highest BCUT2D eigenvalue weighted by molar-refractivity contribution is 6.02. The Morgan fingerprint density at radius 3 is 2.65 bits per heavy atom. The Labute approximate surface area is 112 Å². The van der Waals surface area contributed by atoms with E-state index in [0.717, 1.165) is 10.9 Å². The summed E-state index contributed by atoms with van der Waals surface area (Å²) in [6.07, 6.45) is 1.10. The molecule has 9 heteroatoms. The molecule has 20 heavy (non-hydrogen) atoms. The number of fused-ring (bicyclic) bond motifs is 1. The van der Waals surface area contributed by atoms with Crippen LogP contribution in [0.5, 0.6) is 0 Å². The average molecular weight is 279 g/mol. The molecular formula is C11H13N5O4. The summed E-state index contributed by atoms with van der Waals surface area (Å²) < 4.78 is 1.05. The molecule has 0 amide bonds. The second kappa shape index (κ2) is 4.76. The Balaban J connectivity index is 2.69. The number of rotatable bonds is 4. The van der Waals surface area contributed by atoms with E-state index >= 15 is 0 Å². The van der Waals surface area contributed by atoms with Crippen molar-refractivity contribution in [1.82, 2.24) is 19.5 Å². The molecule has 1 atom stereocenters. The minimum Gasteiger partial charge on any atom is -0.479 e. The molecule has 2 aromatic rings. The highest BCUT2D eigenvalue weighted by Crippen LogP contribution is 2.18. The average Bonchev–Trinajstić information content (AvgIpc) is 2.72. The van der Waals surface area contributed by atoms with Crippen LogP contribution in [0.1, 0.15) is 19.9 Å². The van der Waals surface area contributed by atoms with Crippen molar-refractivity contribution < 1.29 is 14.7 Å². The number of carbonyl (C=O) groups is 2. The van der Waals surface area contributed by atoms with E-state index < -0.39 is 29.3 Å². The van der Waals surface area contributed by atoms with E-state index in [1.165, 1.54) is 0 Å². The van der Waals surface area contributed by atoms with Gasteiger partial charge in [0.25, 0.3) is 5.56 Å². The van der Waals surface area contributed by atoms with Gasteiger partial charge in [-0.2, -0.15) is 4.98 Å². The van der Waals surface area contributed by atoms with Gasteiger partial charge in [0.1, 0.15) is 0 Å². The summed E-state index contributed by atoms with van der Waals surface area (Å²) in [4.78, 5) is 44.9.